The summed E-state index contributed by atoms with van der Waals surface area (Å²) < 4.78 is 24.1. The molecular formula is C29H30N6O3S. The molecule has 0 radical (unpaired) electrons. The molecule has 4 heterocycles. The minimum Gasteiger partial charge on any atom is -0.353 e. The first-order valence-electron chi connectivity index (χ1n) is 13.0. The molecular weight excluding hydrogens is 512 g/mol. The van der Waals surface area contributed by atoms with Gasteiger partial charge in [-0.2, -0.15) is 0 Å². The lowest BCUT2D eigenvalue weighted by molar-refractivity contribution is -0.115. The van der Waals surface area contributed by atoms with Crippen LogP contribution in [0.15, 0.2) is 65.7 Å². The molecule has 3 aromatic heterocycles. The summed E-state index contributed by atoms with van der Waals surface area (Å²) in [6.07, 6.45) is 5.33. The Morgan fingerprint density at radius 1 is 1.08 bits per heavy atom. The average molecular weight is 543 g/mol. The Balaban J connectivity index is 1.20. The van der Waals surface area contributed by atoms with Crippen LogP contribution in [0.1, 0.15) is 24.1 Å². The van der Waals surface area contributed by atoms with Crippen LogP contribution in [-0.4, -0.2) is 60.7 Å². The summed E-state index contributed by atoms with van der Waals surface area (Å²) in [4.78, 5) is 29.5. The number of carbonyl (C=O) groups is 1. The third kappa shape index (κ3) is 5.48. The number of benzene rings is 1. The number of nitrogens with zero attached hydrogens (tertiary/aromatic N) is 4. The lowest BCUT2D eigenvalue weighted by atomic mass is 10.1. The standard InChI is InChI=1S/C29H30N6O3S/c1-19-6-8-21(15-26(19)39(2,37)38)32-28(36)16-22-14-25-20(17-30-22)7-9-24(33-25)23-4-3-5-27(34-23)35-13-12-31-29(18-35)10-11-29/h3-9,14-15,17,31H,10-13,16,18H2,1-2H3,(H,32,36). The highest BCUT2D eigenvalue weighted by molar-refractivity contribution is 7.90. The Hall–Kier alpha value is -3.89. The molecule has 200 valence electrons. The van der Waals surface area contributed by atoms with E-state index in [0.29, 0.717) is 16.9 Å². The summed E-state index contributed by atoms with van der Waals surface area (Å²) >= 11 is 0. The van der Waals surface area contributed by atoms with E-state index in [9.17, 15) is 13.2 Å². The Labute approximate surface area is 227 Å². The molecule has 1 aliphatic heterocycles. The van der Waals surface area contributed by atoms with Crippen molar-refractivity contribution in [3.05, 3.63) is 72.1 Å². The SMILES string of the molecule is Cc1ccc(NC(=O)Cc2cc3nc(-c4cccc(N5CCNC6(CC6)C5)n4)ccc3cn2)cc1S(C)(=O)=O. The molecule has 0 unspecified atom stereocenters. The minimum absolute atomic E-state index is 0.0302. The lowest BCUT2D eigenvalue weighted by Gasteiger charge is -2.35. The van der Waals surface area contributed by atoms with Crippen LogP contribution in [0.25, 0.3) is 22.3 Å². The van der Waals surface area contributed by atoms with Crippen molar-refractivity contribution in [1.82, 2.24) is 20.3 Å². The minimum atomic E-state index is -3.40. The number of carbonyl (C=O) groups excluding carboxylic acids is 1. The van der Waals surface area contributed by atoms with Gasteiger partial charge in [0.1, 0.15) is 5.82 Å². The Morgan fingerprint density at radius 2 is 1.90 bits per heavy atom. The normalized spacial score (nSPS) is 16.4. The summed E-state index contributed by atoms with van der Waals surface area (Å²) in [6.45, 7) is 4.59. The van der Waals surface area contributed by atoms with Crippen molar-refractivity contribution in [1.29, 1.82) is 0 Å². The molecule has 1 saturated carbocycles. The molecule has 2 aliphatic rings. The number of hydrogen-bond acceptors (Lipinski definition) is 8. The largest absolute Gasteiger partial charge is 0.353 e. The van der Waals surface area contributed by atoms with Crippen molar-refractivity contribution in [2.45, 2.75) is 36.6 Å². The van der Waals surface area contributed by atoms with Gasteiger partial charge in [-0.15, -0.1) is 0 Å². The zero-order chi connectivity index (χ0) is 27.2. The number of hydrogen-bond donors (Lipinski definition) is 2. The van der Waals surface area contributed by atoms with E-state index in [1.165, 1.54) is 18.9 Å². The number of rotatable bonds is 6. The number of fused-ring (bicyclic) bond motifs is 1. The summed E-state index contributed by atoms with van der Waals surface area (Å²) in [5.41, 5.74) is 4.18. The average Bonchev–Trinajstić information content (AvgIpc) is 3.66. The number of anilines is 2. The first-order chi connectivity index (χ1) is 18.7. The number of sulfone groups is 1. The topological polar surface area (TPSA) is 117 Å². The van der Waals surface area contributed by atoms with Gasteiger partial charge in [0.25, 0.3) is 0 Å². The third-order valence-electron chi connectivity index (χ3n) is 7.39. The number of nitrogens with one attached hydrogen (secondary N) is 2. The molecule has 39 heavy (non-hydrogen) atoms. The number of aromatic nitrogens is 3. The highest BCUT2D eigenvalue weighted by Gasteiger charge is 2.45. The molecule has 1 aliphatic carbocycles. The number of aryl methyl sites for hydroxylation is 1. The van der Waals surface area contributed by atoms with Crippen molar-refractivity contribution in [3.63, 3.8) is 0 Å². The predicted octanol–water partition coefficient (Wildman–Crippen LogP) is 3.53. The number of amides is 1. The van der Waals surface area contributed by atoms with Crippen LogP contribution in [0, 0.1) is 6.92 Å². The fourth-order valence-electron chi connectivity index (χ4n) is 5.12. The highest BCUT2D eigenvalue weighted by Crippen LogP contribution is 2.38. The van der Waals surface area contributed by atoms with Crippen molar-refractivity contribution in [3.8, 4) is 11.4 Å². The van der Waals surface area contributed by atoms with E-state index in [4.69, 9.17) is 9.97 Å². The summed E-state index contributed by atoms with van der Waals surface area (Å²) in [5.74, 6) is 0.671. The van der Waals surface area contributed by atoms with E-state index in [-0.39, 0.29) is 22.8 Å². The van der Waals surface area contributed by atoms with E-state index < -0.39 is 9.84 Å². The molecule has 2 N–H and O–H groups in total. The van der Waals surface area contributed by atoms with Crippen LogP contribution in [-0.2, 0) is 21.1 Å². The highest BCUT2D eigenvalue weighted by atomic mass is 32.2. The molecule has 0 bridgehead atoms. The van der Waals surface area contributed by atoms with Gasteiger partial charge in [-0.1, -0.05) is 12.1 Å². The van der Waals surface area contributed by atoms with Gasteiger partial charge in [-0.05, 0) is 67.8 Å². The molecule has 9 nitrogen and oxygen atoms in total. The summed E-state index contributed by atoms with van der Waals surface area (Å²) in [7, 11) is -3.40. The van der Waals surface area contributed by atoms with Crippen molar-refractivity contribution < 1.29 is 13.2 Å². The molecule has 2 fully saturated rings. The van der Waals surface area contributed by atoms with Crippen LogP contribution in [0.4, 0.5) is 11.5 Å². The van der Waals surface area contributed by atoms with E-state index >= 15 is 0 Å². The van der Waals surface area contributed by atoms with Gasteiger partial charge in [0.15, 0.2) is 9.84 Å². The lowest BCUT2D eigenvalue weighted by Crippen LogP contribution is -2.52. The van der Waals surface area contributed by atoms with Gasteiger partial charge in [0.05, 0.1) is 33.9 Å². The molecule has 1 spiro atoms. The van der Waals surface area contributed by atoms with Crippen LogP contribution >= 0.6 is 0 Å². The molecule has 4 aromatic rings. The van der Waals surface area contributed by atoms with E-state index in [1.807, 2.05) is 30.3 Å². The maximum Gasteiger partial charge on any atom is 0.230 e. The predicted molar refractivity (Wildman–Crippen MR) is 152 cm³/mol. The second-order valence-electron chi connectivity index (χ2n) is 10.6. The quantitative estimate of drug-likeness (QED) is 0.380. The van der Waals surface area contributed by atoms with Gasteiger partial charge < -0.3 is 15.5 Å². The van der Waals surface area contributed by atoms with E-state index in [1.54, 1.807) is 25.3 Å². The fraction of sp³-hybridized carbons (Fsp3) is 0.310. The van der Waals surface area contributed by atoms with Gasteiger partial charge in [0, 0.05) is 48.7 Å². The first kappa shape index (κ1) is 25.4. The van der Waals surface area contributed by atoms with Crippen LogP contribution < -0.4 is 15.5 Å². The first-order valence-corrected chi connectivity index (χ1v) is 14.9. The zero-order valence-electron chi connectivity index (χ0n) is 21.9. The van der Waals surface area contributed by atoms with Gasteiger partial charge in [-0.3, -0.25) is 9.78 Å². The van der Waals surface area contributed by atoms with Gasteiger partial charge in [0.2, 0.25) is 5.91 Å². The zero-order valence-corrected chi connectivity index (χ0v) is 22.8. The molecule has 6 rings (SSSR count). The maximum atomic E-state index is 12.8. The fourth-order valence-corrected chi connectivity index (χ4v) is 6.12. The Kier molecular flexibility index (Phi) is 6.31. The molecule has 1 saturated heterocycles. The van der Waals surface area contributed by atoms with E-state index in [2.05, 4.69) is 26.6 Å². The van der Waals surface area contributed by atoms with Crippen LogP contribution in [0.3, 0.4) is 0 Å². The maximum absolute atomic E-state index is 12.8. The number of pyridine rings is 3. The smallest absolute Gasteiger partial charge is 0.230 e. The van der Waals surface area contributed by atoms with Gasteiger partial charge in [-0.25, -0.2) is 18.4 Å². The second kappa shape index (κ2) is 9.69. The van der Waals surface area contributed by atoms with E-state index in [0.717, 1.165) is 54.0 Å². The van der Waals surface area contributed by atoms with Gasteiger partial charge >= 0.3 is 0 Å². The summed E-state index contributed by atoms with van der Waals surface area (Å²) in [5, 5.41) is 7.29. The molecule has 1 aromatic carbocycles. The van der Waals surface area contributed by atoms with Crippen LogP contribution in [0.2, 0.25) is 0 Å². The van der Waals surface area contributed by atoms with Crippen molar-refractivity contribution >= 4 is 38.2 Å². The molecule has 10 heteroatoms. The Morgan fingerprint density at radius 3 is 2.69 bits per heavy atom. The summed E-state index contributed by atoms with van der Waals surface area (Å²) in [6, 6.07) is 16.6. The monoisotopic (exact) mass is 542 g/mol. The van der Waals surface area contributed by atoms with Crippen molar-refractivity contribution in [2.75, 3.05) is 36.1 Å². The number of piperazine rings is 1. The molecule has 1 amide bonds. The second-order valence-corrected chi connectivity index (χ2v) is 12.5. The van der Waals surface area contributed by atoms with Crippen molar-refractivity contribution in [2.24, 2.45) is 0 Å². The molecule has 0 atom stereocenters. The third-order valence-corrected chi connectivity index (χ3v) is 8.63. The Bertz CT molecular complexity index is 1700. The van der Waals surface area contributed by atoms with Crippen LogP contribution in [0.5, 0.6) is 0 Å².